The lowest BCUT2D eigenvalue weighted by atomic mass is 9.90. The van der Waals surface area contributed by atoms with E-state index in [4.69, 9.17) is 4.74 Å². The monoisotopic (exact) mass is 353 g/mol. The fraction of sp³-hybridized carbons (Fsp3) is 0.333. The predicted octanol–water partition coefficient (Wildman–Crippen LogP) is 3.96. The van der Waals surface area contributed by atoms with Crippen molar-refractivity contribution in [2.75, 3.05) is 6.54 Å². The van der Waals surface area contributed by atoms with Crippen LogP contribution in [0.2, 0.25) is 0 Å². The minimum absolute atomic E-state index is 0.0269. The summed E-state index contributed by atoms with van der Waals surface area (Å²) >= 11 is 0. The molecule has 1 heterocycles. The molecule has 3 rings (SSSR count). The summed E-state index contributed by atoms with van der Waals surface area (Å²) in [5.74, 6) is -1.04. The topological polar surface area (TPSA) is 66.8 Å². The molecule has 1 N–H and O–H groups in total. The van der Waals surface area contributed by atoms with Gasteiger partial charge in [0.2, 0.25) is 0 Å². The van der Waals surface area contributed by atoms with E-state index in [2.05, 4.69) is 0 Å². The van der Waals surface area contributed by atoms with Gasteiger partial charge in [-0.05, 0) is 31.4 Å². The fourth-order valence-corrected chi connectivity index (χ4v) is 3.41. The van der Waals surface area contributed by atoms with Crippen molar-refractivity contribution in [3.8, 4) is 0 Å². The lowest BCUT2D eigenvalue weighted by molar-refractivity contribution is -0.147. The molecule has 5 heteroatoms. The maximum Gasteiger partial charge on any atom is 0.411 e. The smallest absolute Gasteiger partial charge is 0.411 e. The molecule has 136 valence electrons. The lowest BCUT2D eigenvalue weighted by Crippen LogP contribution is -2.50. The number of hydrogen-bond acceptors (Lipinski definition) is 3. The Hall–Kier alpha value is -2.82. The minimum Gasteiger partial charge on any atom is -0.480 e. The van der Waals surface area contributed by atoms with Gasteiger partial charge in [-0.15, -0.1) is 0 Å². The van der Waals surface area contributed by atoms with Gasteiger partial charge >= 0.3 is 12.1 Å². The van der Waals surface area contributed by atoms with Gasteiger partial charge in [-0.25, -0.2) is 9.59 Å². The highest BCUT2D eigenvalue weighted by Gasteiger charge is 2.51. The summed E-state index contributed by atoms with van der Waals surface area (Å²) in [5, 5.41) is 9.74. The van der Waals surface area contributed by atoms with Crippen LogP contribution >= 0.6 is 0 Å². The van der Waals surface area contributed by atoms with Crippen molar-refractivity contribution in [1.82, 2.24) is 4.90 Å². The van der Waals surface area contributed by atoms with Gasteiger partial charge in [0.1, 0.15) is 12.1 Å². The van der Waals surface area contributed by atoms with Crippen molar-refractivity contribution in [3.05, 3.63) is 71.3 Å². The number of nitrogens with zero attached hydrogens (tertiary/aromatic N) is 1. The Labute approximate surface area is 153 Å². The third-order valence-electron chi connectivity index (χ3n) is 5.08. The van der Waals surface area contributed by atoms with E-state index >= 15 is 0 Å². The standard InChI is InChI=1S/C21H23NO4/c1-15-8-10-17(11-9-15)18-12-21(2,19(23)24)22(13-18)20(25)26-14-16-6-4-3-5-7-16/h3-11,18H,12-14H2,1-2H3,(H,23,24). The van der Waals surface area contributed by atoms with Gasteiger partial charge in [0.15, 0.2) is 0 Å². The summed E-state index contributed by atoms with van der Waals surface area (Å²) in [6.45, 7) is 4.06. The molecule has 0 aromatic heterocycles. The number of rotatable bonds is 4. The predicted molar refractivity (Wildman–Crippen MR) is 97.9 cm³/mol. The molecule has 2 unspecified atom stereocenters. The van der Waals surface area contributed by atoms with Crippen LogP contribution in [0.5, 0.6) is 0 Å². The molecule has 2 aromatic carbocycles. The molecule has 1 aliphatic heterocycles. The third-order valence-corrected chi connectivity index (χ3v) is 5.08. The maximum absolute atomic E-state index is 12.6. The molecule has 0 radical (unpaired) electrons. The number of benzene rings is 2. The number of ether oxygens (including phenoxy) is 1. The average Bonchev–Trinajstić information content (AvgIpc) is 3.00. The van der Waals surface area contributed by atoms with Crippen molar-refractivity contribution in [2.45, 2.75) is 38.3 Å². The second kappa shape index (κ2) is 7.20. The van der Waals surface area contributed by atoms with Crippen LogP contribution in [0.3, 0.4) is 0 Å². The summed E-state index contributed by atoms with van der Waals surface area (Å²) in [6.07, 6.45) is -0.223. The van der Waals surface area contributed by atoms with E-state index in [9.17, 15) is 14.7 Å². The van der Waals surface area contributed by atoms with Crippen molar-refractivity contribution in [3.63, 3.8) is 0 Å². The van der Waals surface area contributed by atoms with E-state index in [1.165, 1.54) is 4.90 Å². The normalized spacial score (nSPS) is 22.2. The second-order valence-electron chi connectivity index (χ2n) is 7.04. The van der Waals surface area contributed by atoms with Crippen LogP contribution in [0.4, 0.5) is 4.79 Å². The lowest BCUT2D eigenvalue weighted by Gasteiger charge is -2.30. The molecule has 1 amide bonds. The highest BCUT2D eigenvalue weighted by atomic mass is 16.6. The van der Waals surface area contributed by atoms with Crippen molar-refractivity contribution in [2.24, 2.45) is 0 Å². The Morgan fingerprint density at radius 2 is 1.81 bits per heavy atom. The van der Waals surface area contributed by atoms with E-state index in [-0.39, 0.29) is 12.5 Å². The molecule has 1 fully saturated rings. The van der Waals surface area contributed by atoms with Crippen LogP contribution in [-0.2, 0) is 16.1 Å². The first-order valence-corrected chi connectivity index (χ1v) is 8.68. The van der Waals surface area contributed by atoms with Gasteiger partial charge in [0.25, 0.3) is 0 Å². The summed E-state index contributed by atoms with van der Waals surface area (Å²) in [4.78, 5) is 25.9. The van der Waals surface area contributed by atoms with Gasteiger partial charge in [-0.2, -0.15) is 0 Å². The van der Waals surface area contributed by atoms with Crippen LogP contribution < -0.4 is 0 Å². The highest BCUT2D eigenvalue weighted by molar-refractivity contribution is 5.85. The third kappa shape index (κ3) is 3.57. The molecule has 2 aromatic rings. The summed E-state index contributed by atoms with van der Waals surface area (Å²) in [5.41, 5.74) is 1.78. The van der Waals surface area contributed by atoms with Crippen LogP contribution in [0.1, 0.15) is 36.0 Å². The first kappa shape index (κ1) is 18.0. The fourth-order valence-electron chi connectivity index (χ4n) is 3.41. The molecule has 0 saturated carbocycles. The molecular weight excluding hydrogens is 330 g/mol. The van der Waals surface area contributed by atoms with E-state index < -0.39 is 17.6 Å². The van der Waals surface area contributed by atoms with Crippen molar-refractivity contribution >= 4 is 12.1 Å². The molecule has 5 nitrogen and oxygen atoms in total. The molecular formula is C21H23NO4. The molecule has 0 spiro atoms. The Morgan fingerprint density at radius 1 is 1.15 bits per heavy atom. The van der Waals surface area contributed by atoms with Crippen LogP contribution in [-0.4, -0.2) is 34.2 Å². The summed E-state index contributed by atoms with van der Waals surface area (Å²) < 4.78 is 5.38. The molecule has 0 aliphatic carbocycles. The summed E-state index contributed by atoms with van der Waals surface area (Å²) in [7, 11) is 0. The Balaban J connectivity index is 1.76. The zero-order valence-electron chi connectivity index (χ0n) is 15.0. The van der Waals surface area contributed by atoms with E-state index in [1.807, 2.05) is 61.5 Å². The van der Waals surface area contributed by atoms with Crippen molar-refractivity contribution < 1.29 is 19.4 Å². The molecule has 1 saturated heterocycles. The maximum atomic E-state index is 12.6. The summed E-state index contributed by atoms with van der Waals surface area (Å²) in [6, 6.07) is 17.4. The Bertz CT molecular complexity index is 787. The van der Waals surface area contributed by atoms with Gasteiger partial charge in [0, 0.05) is 12.5 Å². The molecule has 26 heavy (non-hydrogen) atoms. The van der Waals surface area contributed by atoms with E-state index in [0.717, 1.165) is 16.7 Å². The first-order valence-electron chi connectivity index (χ1n) is 8.68. The number of aryl methyl sites for hydroxylation is 1. The zero-order chi connectivity index (χ0) is 18.7. The number of hydrogen-bond donors (Lipinski definition) is 1. The number of carboxylic acid groups (broad SMARTS) is 1. The average molecular weight is 353 g/mol. The SMILES string of the molecule is Cc1ccc(C2CN(C(=O)OCc3ccccc3)C(C)(C(=O)O)C2)cc1. The number of amides is 1. The minimum atomic E-state index is -1.27. The molecule has 1 aliphatic rings. The number of carbonyl (C=O) groups is 2. The number of carboxylic acids is 1. The van der Waals surface area contributed by atoms with Gasteiger partial charge in [-0.3, -0.25) is 4.90 Å². The first-order chi connectivity index (χ1) is 12.4. The van der Waals surface area contributed by atoms with Crippen LogP contribution in [0, 0.1) is 6.92 Å². The Morgan fingerprint density at radius 3 is 2.42 bits per heavy atom. The molecule has 2 atom stereocenters. The number of carbonyl (C=O) groups excluding carboxylic acids is 1. The van der Waals surface area contributed by atoms with Crippen LogP contribution in [0.15, 0.2) is 54.6 Å². The van der Waals surface area contributed by atoms with Gasteiger partial charge < -0.3 is 9.84 Å². The number of aliphatic carboxylic acids is 1. The van der Waals surface area contributed by atoms with Gasteiger partial charge in [0.05, 0.1) is 0 Å². The largest absolute Gasteiger partial charge is 0.480 e. The van der Waals surface area contributed by atoms with Crippen LogP contribution in [0.25, 0.3) is 0 Å². The Kier molecular flexibility index (Phi) is 4.98. The second-order valence-corrected chi connectivity index (χ2v) is 7.04. The van der Waals surface area contributed by atoms with E-state index in [1.54, 1.807) is 6.92 Å². The molecule has 0 bridgehead atoms. The highest BCUT2D eigenvalue weighted by Crippen LogP contribution is 2.39. The number of likely N-dealkylation sites (tertiary alicyclic amines) is 1. The quantitative estimate of drug-likeness (QED) is 0.903. The zero-order valence-corrected chi connectivity index (χ0v) is 15.0. The van der Waals surface area contributed by atoms with Crippen molar-refractivity contribution in [1.29, 1.82) is 0 Å². The van der Waals surface area contributed by atoms with Gasteiger partial charge in [-0.1, -0.05) is 60.2 Å². The van der Waals surface area contributed by atoms with E-state index in [0.29, 0.717) is 13.0 Å².